The van der Waals surface area contributed by atoms with E-state index in [0.717, 1.165) is 12.3 Å². The highest BCUT2D eigenvalue weighted by molar-refractivity contribution is 5.91. The van der Waals surface area contributed by atoms with Crippen LogP contribution in [0, 0.1) is 5.92 Å². The number of nitrogens with zero attached hydrogens (tertiary/aromatic N) is 1. The van der Waals surface area contributed by atoms with Crippen molar-refractivity contribution in [3.63, 3.8) is 0 Å². The molecular formula is C12H11NO3. The zero-order chi connectivity index (χ0) is 11.1. The molecule has 1 N–H and O–H groups in total. The minimum Gasteiger partial charge on any atom is -0.478 e. The van der Waals surface area contributed by atoms with Crippen LogP contribution in [0.5, 0.6) is 0 Å². The summed E-state index contributed by atoms with van der Waals surface area (Å²) in [4.78, 5) is 15.1. The molecule has 0 bridgehead atoms. The second-order valence-electron chi connectivity index (χ2n) is 4.24. The lowest BCUT2D eigenvalue weighted by molar-refractivity contribution is 0.0697. The van der Waals surface area contributed by atoms with Crippen molar-refractivity contribution in [2.75, 3.05) is 0 Å². The van der Waals surface area contributed by atoms with Crippen LogP contribution in [0.3, 0.4) is 0 Å². The van der Waals surface area contributed by atoms with Crippen molar-refractivity contribution in [3.8, 4) is 0 Å². The maximum atomic E-state index is 10.8. The summed E-state index contributed by atoms with van der Waals surface area (Å²) in [6, 6.07) is 4.76. The van der Waals surface area contributed by atoms with Gasteiger partial charge in [-0.05, 0) is 37.0 Å². The number of carbonyl (C=O) groups is 1. The Balaban J connectivity index is 1.99. The minimum absolute atomic E-state index is 0.249. The Morgan fingerprint density at radius 2 is 2.31 bits per heavy atom. The molecule has 1 saturated carbocycles. The van der Waals surface area contributed by atoms with E-state index >= 15 is 0 Å². The molecule has 3 rings (SSSR count). The first-order chi connectivity index (χ1) is 7.72. The van der Waals surface area contributed by atoms with Gasteiger partial charge in [-0.15, -0.1) is 0 Å². The molecule has 0 aliphatic heterocycles. The van der Waals surface area contributed by atoms with E-state index in [1.807, 2.05) is 0 Å². The number of carboxylic acid groups (broad SMARTS) is 1. The molecule has 0 amide bonds. The van der Waals surface area contributed by atoms with Crippen LogP contribution in [0.1, 0.15) is 29.1 Å². The van der Waals surface area contributed by atoms with Crippen molar-refractivity contribution in [1.82, 2.24) is 4.98 Å². The zero-order valence-corrected chi connectivity index (χ0v) is 8.64. The van der Waals surface area contributed by atoms with Crippen LogP contribution in [0.25, 0.3) is 11.1 Å². The molecule has 0 radical (unpaired) electrons. The van der Waals surface area contributed by atoms with Crippen LogP contribution >= 0.6 is 0 Å². The van der Waals surface area contributed by atoms with E-state index in [1.165, 1.54) is 18.9 Å². The largest absolute Gasteiger partial charge is 0.478 e. The molecule has 1 heterocycles. The highest BCUT2D eigenvalue weighted by atomic mass is 16.4. The van der Waals surface area contributed by atoms with Crippen LogP contribution in [-0.2, 0) is 6.42 Å². The number of hydrogen-bond donors (Lipinski definition) is 1. The molecule has 0 unspecified atom stereocenters. The predicted octanol–water partition coefficient (Wildman–Crippen LogP) is 2.48. The van der Waals surface area contributed by atoms with Gasteiger partial charge in [0, 0.05) is 6.42 Å². The van der Waals surface area contributed by atoms with Gasteiger partial charge in [0.25, 0.3) is 0 Å². The van der Waals surface area contributed by atoms with E-state index in [0.29, 0.717) is 17.0 Å². The number of rotatable bonds is 3. The first-order valence-electron chi connectivity index (χ1n) is 5.35. The summed E-state index contributed by atoms with van der Waals surface area (Å²) in [6.45, 7) is 0. The lowest BCUT2D eigenvalue weighted by atomic mass is 10.2. The van der Waals surface area contributed by atoms with Gasteiger partial charge in [-0.2, -0.15) is 0 Å². The van der Waals surface area contributed by atoms with E-state index in [2.05, 4.69) is 4.98 Å². The van der Waals surface area contributed by atoms with Crippen molar-refractivity contribution >= 4 is 17.1 Å². The fraction of sp³-hybridized carbons (Fsp3) is 0.333. The van der Waals surface area contributed by atoms with Crippen molar-refractivity contribution < 1.29 is 14.3 Å². The van der Waals surface area contributed by atoms with Crippen molar-refractivity contribution in [1.29, 1.82) is 0 Å². The van der Waals surface area contributed by atoms with Gasteiger partial charge < -0.3 is 9.52 Å². The normalized spacial score (nSPS) is 15.5. The molecular weight excluding hydrogens is 206 g/mol. The summed E-state index contributed by atoms with van der Waals surface area (Å²) in [5.41, 5.74) is 1.55. The van der Waals surface area contributed by atoms with Gasteiger partial charge in [-0.3, -0.25) is 0 Å². The molecule has 0 saturated heterocycles. The predicted molar refractivity (Wildman–Crippen MR) is 57.4 cm³/mol. The molecule has 0 spiro atoms. The van der Waals surface area contributed by atoms with Gasteiger partial charge in [0.1, 0.15) is 5.52 Å². The average molecular weight is 217 g/mol. The lowest BCUT2D eigenvalue weighted by Gasteiger charge is -1.91. The maximum Gasteiger partial charge on any atom is 0.335 e. The number of aromatic nitrogens is 1. The molecule has 16 heavy (non-hydrogen) atoms. The molecule has 82 valence electrons. The van der Waals surface area contributed by atoms with E-state index in [9.17, 15) is 4.79 Å². The average Bonchev–Trinajstić information content (AvgIpc) is 2.96. The molecule has 1 aliphatic rings. The molecule has 1 aromatic carbocycles. The topological polar surface area (TPSA) is 63.3 Å². The zero-order valence-electron chi connectivity index (χ0n) is 8.64. The standard InChI is InChI=1S/C12H11NO3/c14-12(15)8-3-4-10-9(6-8)13-11(16-10)5-7-1-2-7/h3-4,6-7H,1-2,5H2,(H,14,15). The molecule has 2 aromatic rings. The number of aromatic carboxylic acids is 1. The van der Waals surface area contributed by atoms with Gasteiger partial charge in [-0.25, -0.2) is 9.78 Å². The Morgan fingerprint density at radius 1 is 1.50 bits per heavy atom. The highest BCUT2D eigenvalue weighted by Gasteiger charge is 2.24. The van der Waals surface area contributed by atoms with E-state index in [4.69, 9.17) is 9.52 Å². The highest BCUT2D eigenvalue weighted by Crippen LogP contribution is 2.33. The minimum atomic E-state index is -0.936. The molecule has 1 aromatic heterocycles. The van der Waals surface area contributed by atoms with E-state index in [1.54, 1.807) is 12.1 Å². The van der Waals surface area contributed by atoms with Crippen LogP contribution in [0.2, 0.25) is 0 Å². The third-order valence-electron chi connectivity index (χ3n) is 2.84. The summed E-state index contributed by atoms with van der Waals surface area (Å²) in [5, 5.41) is 8.85. The molecule has 4 nitrogen and oxygen atoms in total. The number of oxazole rings is 1. The summed E-state index contributed by atoms with van der Waals surface area (Å²) in [5.74, 6) is 0.501. The second-order valence-corrected chi connectivity index (χ2v) is 4.24. The molecule has 1 fully saturated rings. The van der Waals surface area contributed by atoms with Crippen LogP contribution in [-0.4, -0.2) is 16.1 Å². The Morgan fingerprint density at radius 3 is 3.00 bits per heavy atom. The molecule has 1 aliphatic carbocycles. The van der Waals surface area contributed by atoms with Crippen LogP contribution in [0.15, 0.2) is 22.6 Å². The number of carboxylic acids is 1. The first kappa shape index (κ1) is 9.39. The van der Waals surface area contributed by atoms with Gasteiger partial charge in [0.2, 0.25) is 0 Å². The van der Waals surface area contributed by atoms with Gasteiger partial charge in [0.05, 0.1) is 5.56 Å². The number of benzene rings is 1. The SMILES string of the molecule is O=C(O)c1ccc2oc(CC3CC3)nc2c1. The Bertz CT molecular complexity index is 554. The van der Waals surface area contributed by atoms with Crippen molar-refractivity contribution in [3.05, 3.63) is 29.7 Å². The Kier molecular flexibility index (Phi) is 1.96. The third-order valence-corrected chi connectivity index (χ3v) is 2.84. The fourth-order valence-electron chi connectivity index (χ4n) is 1.76. The first-order valence-corrected chi connectivity index (χ1v) is 5.35. The second kappa shape index (κ2) is 3.33. The molecule has 0 atom stereocenters. The van der Waals surface area contributed by atoms with Gasteiger partial charge in [-0.1, -0.05) is 0 Å². The maximum absolute atomic E-state index is 10.8. The number of hydrogen-bond acceptors (Lipinski definition) is 3. The Labute approximate surface area is 91.9 Å². The summed E-state index contributed by atoms with van der Waals surface area (Å²) in [6.07, 6.45) is 3.37. The summed E-state index contributed by atoms with van der Waals surface area (Å²) in [7, 11) is 0. The van der Waals surface area contributed by atoms with E-state index < -0.39 is 5.97 Å². The van der Waals surface area contributed by atoms with Crippen molar-refractivity contribution in [2.45, 2.75) is 19.3 Å². The van der Waals surface area contributed by atoms with Crippen LogP contribution < -0.4 is 0 Å². The Hall–Kier alpha value is -1.84. The van der Waals surface area contributed by atoms with E-state index in [-0.39, 0.29) is 5.56 Å². The third kappa shape index (κ3) is 1.66. The molecule has 4 heteroatoms. The summed E-state index contributed by atoms with van der Waals surface area (Å²) < 4.78 is 5.55. The monoisotopic (exact) mass is 217 g/mol. The smallest absolute Gasteiger partial charge is 0.335 e. The van der Waals surface area contributed by atoms with Crippen molar-refractivity contribution in [2.24, 2.45) is 5.92 Å². The quantitative estimate of drug-likeness (QED) is 0.857. The lowest BCUT2D eigenvalue weighted by Crippen LogP contribution is -1.94. The van der Waals surface area contributed by atoms with Crippen LogP contribution in [0.4, 0.5) is 0 Å². The van der Waals surface area contributed by atoms with Gasteiger partial charge in [0.15, 0.2) is 11.5 Å². The summed E-state index contributed by atoms with van der Waals surface area (Å²) >= 11 is 0. The van der Waals surface area contributed by atoms with Gasteiger partial charge >= 0.3 is 5.97 Å². The number of fused-ring (bicyclic) bond motifs is 1. The fourth-order valence-corrected chi connectivity index (χ4v) is 1.76.